The third-order valence-electron chi connectivity index (χ3n) is 4.71. The summed E-state index contributed by atoms with van der Waals surface area (Å²) >= 11 is 6.45. The van der Waals surface area contributed by atoms with Crippen LogP contribution in [0.15, 0.2) is 84.9 Å². The van der Waals surface area contributed by atoms with Crippen LogP contribution in [0, 0.1) is 5.92 Å². The van der Waals surface area contributed by atoms with Gasteiger partial charge in [0.25, 0.3) is 0 Å². The van der Waals surface area contributed by atoms with Crippen LogP contribution in [0.4, 0.5) is 0 Å². The molecule has 0 saturated heterocycles. The van der Waals surface area contributed by atoms with Gasteiger partial charge < -0.3 is 9.47 Å². The zero-order valence-corrected chi connectivity index (χ0v) is 15.2. The van der Waals surface area contributed by atoms with Crippen LogP contribution < -0.4 is 4.74 Å². The van der Waals surface area contributed by atoms with Gasteiger partial charge >= 0.3 is 0 Å². The summed E-state index contributed by atoms with van der Waals surface area (Å²) in [6, 6.07) is 28.3. The number of ether oxygens (including phenoxy) is 2. The molecular weight excluding hydrogens is 344 g/mol. The van der Waals surface area contributed by atoms with E-state index in [1.807, 2.05) is 54.6 Å². The Morgan fingerprint density at radius 2 is 1.46 bits per heavy atom. The van der Waals surface area contributed by atoms with Gasteiger partial charge in [0.15, 0.2) is 0 Å². The summed E-state index contributed by atoms with van der Waals surface area (Å²) in [4.78, 5) is 0. The van der Waals surface area contributed by atoms with E-state index in [1.54, 1.807) is 0 Å². The molecule has 1 aliphatic carbocycles. The number of halogens is 1. The van der Waals surface area contributed by atoms with Crippen molar-refractivity contribution in [3.63, 3.8) is 0 Å². The molecule has 0 N–H and O–H groups in total. The third-order valence-corrected chi connectivity index (χ3v) is 5.31. The minimum Gasteiger partial charge on any atom is -0.457 e. The van der Waals surface area contributed by atoms with Crippen molar-refractivity contribution in [3.8, 4) is 11.5 Å². The van der Waals surface area contributed by atoms with Gasteiger partial charge in [0.05, 0.1) is 13.2 Å². The van der Waals surface area contributed by atoms with E-state index in [-0.39, 0.29) is 5.38 Å². The van der Waals surface area contributed by atoms with Crippen molar-refractivity contribution in [1.82, 2.24) is 0 Å². The van der Waals surface area contributed by atoms with E-state index in [1.165, 1.54) is 5.56 Å². The lowest BCUT2D eigenvalue weighted by molar-refractivity contribution is 0.110. The smallest absolute Gasteiger partial charge is 0.127 e. The first-order valence-corrected chi connectivity index (χ1v) is 9.33. The van der Waals surface area contributed by atoms with Crippen LogP contribution in [0.2, 0.25) is 0 Å². The summed E-state index contributed by atoms with van der Waals surface area (Å²) in [5.74, 6) is 2.45. The summed E-state index contributed by atoms with van der Waals surface area (Å²) < 4.78 is 11.8. The first kappa shape index (κ1) is 17.1. The summed E-state index contributed by atoms with van der Waals surface area (Å²) in [6.45, 7) is 1.24. The molecule has 3 aromatic rings. The molecule has 1 fully saturated rings. The van der Waals surface area contributed by atoms with E-state index in [0.717, 1.165) is 17.1 Å². The predicted molar refractivity (Wildman–Crippen MR) is 105 cm³/mol. The Morgan fingerprint density at radius 3 is 2.23 bits per heavy atom. The van der Waals surface area contributed by atoms with Crippen molar-refractivity contribution in [3.05, 3.63) is 96.1 Å². The fourth-order valence-corrected chi connectivity index (χ4v) is 3.75. The molecule has 3 heteroatoms. The maximum Gasteiger partial charge on any atom is 0.127 e. The molecule has 0 aromatic heterocycles. The van der Waals surface area contributed by atoms with Gasteiger partial charge in [-0.3, -0.25) is 0 Å². The van der Waals surface area contributed by atoms with Crippen LogP contribution in [0.5, 0.6) is 11.5 Å². The Morgan fingerprint density at radius 1 is 0.769 bits per heavy atom. The van der Waals surface area contributed by atoms with Gasteiger partial charge in [0, 0.05) is 17.2 Å². The minimum absolute atomic E-state index is 0.171. The van der Waals surface area contributed by atoms with Gasteiger partial charge in [0.1, 0.15) is 11.5 Å². The molecule has 132 valence electrons. The molecule has 0 spiro atoms. The van der Waals surface area contributed by atoms with Gasteiger partial charge in [-0.05, 0) is 35.4 Å². The second-order valence-corrected chi connectivity index (χ2v) is 7.13. The van der Waals surface area contributed by atoms with E-state index in [2.05, 4.69) is 30.3 Å². The molecule has 0 aliphatic heterocycles. The standard InChI is InChI=1S/C23H21ClO2/c24-23-21(22(23)18-9-3-1-4-10-18)16-25-15-17-8-7-13-20(14-17)26-19-11-5-2-6-12-19/h1-14,21-23H,15-16H2/t21-,22-,23+/m1/s1. The maximum atomic E-state index is 6.45. The fourth-order valence-electron chi connectivity index (χ4n) is 3.27. The molecule has 0 unspecified atom stereocenters. The van der Waals surface area contributed by atoms with Crippen molar-refractivity contribution in [2.75, 3.05) is 6.61 Å². The Bertz CT molecular complexity index is 835. The number of benzene rings is 3. The number of hydrogen-bond acceptors (Lipinski definition) is 2. The third kappa shape index (κ3) is 4.09. The second-order valence-electron chi connectivity index (χ2n) is 6.62. The molecule has 1 saturated carbocycles. The lowest BCUT2D eigenvalue weighted by atomic mass is 10.1. The first-order chi connectivity index (χ1) is 12.8. The second kappa shape index (κ2) is 7.94. The molecule has 1 aliphatic rings. The largest absolute Gasteiger partial charge is 0.457 e. The van der Waals surface area contributed by atoms with Crippen LogP contribution in [-0.4, -0.2) is 12.0 Å². The Kier molecular flexibility index (Phi) is 5.24. The average Bonchev–Trinajstić information content (AvgIpc) is 3.33. The number of para-hydroxylation sites is 1. The quantitative estimate of drug-likeness (QED) is 0.477. The maximum absolute atomic E-state index is 6.45. The number of alkyl halides is 1. The van der Waals surface area contributed by atoms with Crippen molar-refractivity contribution < 1.29 is 9.47 Å². The monoisotopic (exact) mass is 364 g/mol. The van der Waals surface area contributed by atoms with E-state index in [0.29, 0.717) is 25.0 Å². The van der Waals surface area contributed by atoms with Crippen molar-refractivity contribution >= 4 is 11.6 Å². The predicted octanol–water partition coefficient (Wildman–Crippen LogP) is 6.02. The summed E-state index contributed by atoms with van der Waals surface area (Å²) in [7, 11) is 0. The molecule has 2 nitrogen and oxygen atoms in total. The summed E-state index contributed by atoms with van der Waals surface area (Å²) in [5, 5.41) is 0.171. The normalized spacial score (nSPS) is 21.3. The highest BCUT2D eigenvalue weighted by Crippen LogP contribution is 2.51. The highest BCUT2D eigenvalue weighted by Gasteiger charge is 2.49. The average molecular weight is 365 g/mol. The number of hydrogen-bond donors (Lipinski definition) is 0. The van der Waals surface area contributed by atoms with Gasteiger partial charge in [0.2, 0.25) is 0 Å². The van der Waals surface area contributed by atoms with Gasteiger partial charge in [-0.15, -0.1) is 11.6 Å². The van der Waals surface area contributed by atoms with Crippen molar-refractivity contribution in [2.24, 2.45) is 5.92 Å². The topological polar surface area (TPSA) is 18.5 Å². The van der Waals surface area contributed by atoms with Crippen LogP contribution in [0.25, 0.3) is 0 Å². The fraction of sp³-hybridized carbons (Fsp3) is 0.217. The summed E-state index contributed by atoms with van der Waals surface area (Å²) in [5.41, 5.74) is 2.40. The van der Waals surface area contributed by atoms with E-state index < -0.39 is 0 Å². The molecule has 3 aromatic carbocycles. The Labute approximate surface area is 159 Å². The molecule has 0 amide bonds. The van der Waals surface area contributed by atoms with E-state index in [9.17, 15) is 0 Å². The Balaban J connectivity index is 1.30. The SMILES string of the molecule is Cl[C@H]1[C@H](COCc2cccc(Oc3ccccc3)c2)[C@H]1c1ccccc1. The number of rotatable bonds is 7. The highest BCUT2D eigenvalue weighted by atomic mass is 35.5. The van der Waals surface area contributed by atoms with Crippen LogP contribution in [0.1, 0.15) is 17.0 Å². The highest BCUT2D eigenvalue weighted by molar-refractivity contribution is 6.23. The van der Waals surface area contributed by atoms with Crippen molar-refractivity contribution in [2.45, 2.75) is 17.9 Å². The molecule has 0 bridgehead atoms. The zero-order valence-electron chi connectivity index (χ0n) is 14.4. The van der Waals surface area contributed by atoms with Crippen LogP contribution in [-0.2, 0) is 11.3 Å². The molecule has 3 atom stereocenters. The van der Waals surface area contributed by atoms with Gasteiger partial charge in [-0.1, -0.05) is 60.7 Å². The van der Waals surface area contributed by atoms with Crippen LogP contribution in [0.3, 0.4) is 0 Å². The lowest BCUT2D eigenvalue weighted by Gasteiger charge is -2.08. The summed E-state index contributed by atoms with van der Waals surface area (Å²) in [6.07, 6.45) is 0. The molecule has 26 heavy (non-hydrogen) atoms. The minimum atomic E-state index is 0.171. The van der Waals surface area contributed by atoms with E-state index >= 15 is 0 Å². The first-order valence-electron chi connectivity index (χ1n) is 8.90. The molecule has 4 rings (SSSR count). The molecule has 0 radical (unpaired) electrons. The van der Waals surface area contributed by atoms with Gasteiger partial charge in [-0.2, -0.15) is 0 Å². The molecule has 0 heterocycles. The molecular formula is C23H21ClO2. The van der Waals surface area contributed by atoms with Gasteiger partial charge in [-0.25, -0.2) is 0 Å². The van der Waals surface area contributed by atoms with Crippen molar-refractivity contribution in [1.29, 1.82) is 0 Å². The van der Waals surface area contributed by atoms with Crippen LogP contribution >= 0.6 is 11.6 Å². The zero-order chi connectivity index (χ0) is 17.8. The lowest BCUT2D eigenvalue weighted by Crippen LogP contribution is -2.00. The van der Waals surface area contributed by atoms with E-state index in [4.69, 9.17) is 21.1 Å². The Hall–Kier alpha value is -2.29.